The van der Waals surface area contributed by atoms with Crippen molar-refractivity contribution < 1.29 is 38.2 Å². The summed E-state index contributed by atoms with van der Waals surface area (Å²) in [5, 5.41) is 11.6. The van der Waals surface area contributed by atoms with Gasteiger partial charge in [0.25, 0.3) is 0 Å². The Morgan fingerprint density at radius 3 is 1.47 bits per heavy atom. The third-order valence-electron chi connectivity index (χ3n) is 9.45. The van der Waals surface area contributed by atoms with Gasteiger partial charge in [-0.15, -0.1) is 0 Å². The quantitative estimate of drug-likeness (QED) is 0.0263. The number of esters is 2. The number of carbonyl (C=O) groups excluding carboxylic acids is 3. The molecule has 0 radical (unpaired) electrons. The minimum absolute atomic E-state index is 0.0131. The van der Waals surface area contributed by atoms with E-state index in [1.165, 1.54) is 25.7 Å². The lowest BCUT2D eigenvalue weighted by Gasteiger charge is -2.34. The lowest BCUT2D eigenvalue weighted by molar-refractivity contribution is -0.889. The molecule has 0 aliphatic heterocycles. The highest BCUT2D eigenvalue weighted by Gasteiger charge is 2.25. The van der Waals surface area contributed by atoms with Crippen LogP contribution in [0.4, 0.5) is 0 Å². The molecule has 0 aromatic heterocycles. The monoisotopic (exact) mass is 822 g/mol. The summed E-state index contributed by atoms with van der Waals surface area (Å²) in [6.45, 7) is 4.43. The van der Waals surface area contributed by atoms with Crippen LogP contribution in [0, 0.1) is 0 Å². The fourth-order valence-electron chi connectivity index (χ4n) is 5.93. The number of rotatable bonds is 39. The number of hydrogen-bond acceptors (Lipinski definition) is 7. The highest BCUT2D eigenvalue weighted by atomic mass is 16.6. The van der Waals surface area contributed by atoms with Gasteiger partial charge in [-0.1, -0.05) is 143 Å². The molecule has 0 spiro atoms. The molecule has 0 aliphatic rings. The minimum Gasteiger partial charge on any atom is -0.544 e. The van der Waals surface area contributed by atoms with Crippen LogP contribution in [0.15, 0.2) is 97.2 Å². The summed E-state index contributed by atoms with van der Waals surface area (Å²) >= 11 is 0. The maximum Gasteiger partial charge on any atom is 0.306 e. The van der Waals surface area contributed by atoms with Gasteiger partial charge in [-0.05, 0) is 89.9 Å². The second-order valence-electron chi connectivity index (χ2n) is 15.9. The van der Waals surface area contributed by atoms with Crippen molar-refractivity contribution in [1.82, 2.24) is 0 Å². The molecular formula is C51H83NO7. The van der Waals surface area contributed by atoms with E-state index in [-0.39, 0.29) is 49.1 Å². The number of unbranched alkanes of at least 4 members (excludes halogenated alkanes) is 9. The Morgan fingerprint density at radius 1 is 0.525 bits per heavy atom. The average molecular weight is 822 g/mol. The fraction of sp³-hybridized carbons (Fsp3) is 0.627. The van der Waals surface area contributed by atoms with Crippen LogP contribution in [0.25, 0.3) is 0 Å². The normalized spacial score (nSPS) is 13.8. The van der Waals surface area contributed by atoms with Crippen molar-refractivity contribution in [2.24, 2.45) is 0 Å². The van der Waals surface area contributed by atoms with Gasteiger partial charge in [0.15, 0.2) is 6.10 Å². The summed E-state index contributed by atoms with van der Waals surface area (Å²) in [4.78, 5) is 36.8. The first kappa shape index (κ1) is 55.2. The number of hydrogen-bond donors (Lipinski definition) is 0. The van der Waals surface area contributed by atoms with E-state index in [2.05, 4.69) is 111 Å². The molecule has 0 heterocycles. The molecule has 0 saturated carbocycles. The van der Waals surface area contributed by atoms with E-state index in [9.17, 15) is 19.5 Å². The lowest BCUT2D eigenvalue weighted by atomic mass is 10.1. The molecule has 8 nitrogen and oxygen atoms in total. The SMILES string of the molecule is CC/C=C/C/C=C/C/C=C/C/C=C/C/C=C/C/C=C/C/C=C/CCCC(=O)OCC(COCCC(C(=O)[O-])[N+](C)(C)C)OC(=O)CCCCCCC/C=C/CCCCC. The van der Waals surface area contributed by atoms with Crippen LogP contribution in [0.5, 0.6) is 0 Å². The third-order valence-corrected chi connectivity index (χ3v) is 9.45. The first-order valence-electron chi connectivity index (χ1n) is 22.8. The summed E-state index contributed by atoms with van der Waals surface area (Å²) in [6.07, 6.45) is 54.4. The molecule has 8 heteroatoms. The van der Waals surface area contributed by atoms with Crippen molar-refractivity contribution >= 4 is 17.9 Å². The number of carboxylic acids is 1. The summed E-state index contributed by atoms with van der Waals surface area (Å²) in [5.74, 6) is -1.84. The van der Waals surface area contributed by atoms with Crippen LogP contribution in [0.2, 0.25) is 0 Å². The molecule has 2 atom stereocenters. The molecular weight excluding hydrogens is 739 g/mol. The zero-order valence-corrected chi connectivity index (χ0v) is 37.9. The highest BCUT2D eigenvalue weighted by molar-refractivity contribution is 5.70. The number of carbonyl (C=O) groups is 3. The highest BCUT2D eigenvalue weighted by Crippen LogP contribution is 2.12. The van der Waals surface area contributed by atoms with Crippen LogP contribution in [-0.2, 0) is 28.6 Å². The smallest absolute Gasteiger partial charge is 0.306 e. The molecule has 0 amide bonds. The Bertz CT molecular complexity index is 1280. The predicted octanol–water partition coefficient (Wildman–Crippen LogP) is 11.4. The summed E-state index contributed by atoms with van der Waals surface area (Å²) in [6, 6.07) is -0.740. The molecule has 0 aliphatic carbocycles. The van der Waals surface area contributed by atoms with Crippen LogP contribution < -0.4 is 5.11 Å². The summed E-state index contributed by atoms with van der Waals surface area (Å²) in [5.41, 5.74) is 0. The number of allylic oxidation sites excluding steroid dienone is 16. The molecule has 0 aromatic rings. The second-order valence-corrected chi connectivity index (χ2v) is 15.9. The second kappa shape index (κ2) is 41.0. The number of likely N-dealkylation sites (N-methyl/N-ethyl adjacent to an activating group) is 1. The van der Waals surface area contributed by atoms with Crippen molar-refractivity contribution in [1.29, 1.82) is 0 Å². The molecule has 0 saturated heterocycles. The maximum absolute atomic E-state index is 12.7. The van der Waals surface area contributed by atoms with Crippen LogP contribution >= 0.6 is 0 Å². The number of carboxylic acid groups (broad SMARTS) is 1. The maximum atomic E-state index is 12.7. The predicted molar refractivity (Wildman–Crippen MR) is 245 cm³/mol. The standard InChI is InChI=1S/C51H83NO7/c1-6-8-10-12-14-16-18-20-21-22-23-24-25-26-27-28-29-30-32-33-35-37-39-41-49(53)58-46-47(45-57-44-43-48(51(55)56)52(3,4)5)59-50(54)42-40-38-36-34-31-19-17-15-13-11-9-7-2/h8,10,14-17,20-21,23-24,26-27,29-30,33,35,47-48H,6-7,9,11-13,18-19,22,25,28,31-32,34,36-46H2,1-5H3/b10-8+,16-14+,17-15+,21-20+,24-23+,27-26+,30-29+,35-33+. The van der Waals surface area contributed by atoms with Gasteiger partial charge in [0.1, 0.15) is 12.6 Å². The van der Waals surface area contributed by atoms with E-state index in [0.29, 0.717) is 12.8 Å². The Hall–Kier alpha value is -3.75. The largest absolute Gasteiger partial charge is 0.544 e. The molecule has 0 fully saturated rings. The summed E-state index contributed by atoms with van der Waals surface area (Å²) in [7, 11) is 5.37. The van der Waals surface area contributed by atoms with Crippen molar-refractivity contribution in [3.05, 3.63) is 97.2 Å². The molecule has 0 rings (SSSR count). The Kier molecular flexibility index (Phi) is 38.4. The van der Waals surface area contributed by atoms with Crippen LogP contribution in [0.3, 0.4) is 0 Å². The van der Waals surface area contributed by atoms with Gasteiger partial charge in [0.05, 0.1) is 40.3 Å². The number of quaternary nitrogens is 1. The third kappa shape index (κ3) is 39.5. The van der Waals surface area contributed by atoms with Crippen LogP contribution in [-0.4, -0.2) is 75.5 Å². The van der Waals surface area contributed by atoms with E-state index in [0.717, 1.165) is 89.9 Å². The van der Waals surface area contributed by atoms with E-state index < -0.39 is 18.1 Å². The van der Waals surface area contributed by atoms with Crippen molar-refractivity contribution in [2.75, 3.05) is 41.0 Å². The van der Waals surface area contributed by atoms with Crippen molar-refractivity contribution in [2.45, 2.75) is 167 Å². The average Bonchev–Trinajstić information content (AvgIpc) is 3.19. The van der Waals surface area contributed by atoms with Crippen molar-refractivity contribution in [3.63, 3.8) is 0 Å². The van der Waals surface area contributed by atoms with Crippen LogP contribution in [0.1, 0.15) is 155 Å². The number of ether oxygens (including phenoxy) is 3. The number of aliphatic carboxylic acids is 1. The Morgan fingerprint density at radius 2 is 0.966 bits per heavy atom. The van der Waals surface area contributed by atoms with Gasteiger partial charge >= 0.3 is 11.9 Å². The van der Waals surface area contributed by atoms with E-state index in [1.807, 2.05) is 0 Å². The fourth-order valence-corrected chi connectivity index (χ4v) is 5.93. The first-order valence-corrected chi connectivity index (χ1v) is 22.8. The van der Waals surface area contributed by atoms with Gasteiger partial charge in [-0.3, -0.25) is 9.59 Å². The molecule has 0 aromatic carbocycles. The van der Waals surface area contributed by atoms with Gasteiger partial charge in [0.2, 0.25) is 0 Å². The molecule has 59 heavy (non-hydrogen) atoms. The Labute approximate surface area is 360 Å². The van der Waals surface area contributed by atoms with Gasteiger partial charge in [-0.2, -0.15) is 0 Å². The zero-order chi connectivity index (χ0) is 43.5. The lowest BCUT2D eigenvalue weighted by Crippen LogP contribution is -2.55. The topological polar surface area (TPSA) is 102 Å². The van der Waals surface area contributed by atoms with Gasteiger partial charge in [-0.25, -0.2) is 0 Å². The van der Waals surface area contributed by atoms with E-state index in [4.69, 9.17) is 14.2 Å². The molecule has 0 N–H and O–H groups in total. The number of nitrogens with zero attached hydrogens (tertiary/aromatic N) is 1. The molecule has 2 unspecified atom stereocenters. The van der Waals surface area contributed by atoms with Gasteiger partial charge < -0.3 is 28.6 Å². The van der Waals surface area contributed by atoms with E-state index in [1.54, 1.807) is 21.1 Å². The first-order chi connectivity index (χ1) is 28.6. The molecule has 0 bridgehead atoms. The zero-order valence-electron chi connectivity index (χ0n) is 37.9. The van der Waals surface area contributed by atoms with Gasteiger partial charge in [0, 0.05) is 19.3 Å². The minimum atomic E-state index is -1.14. The van der Waals surface area contributed by atoms with Crippen molar-refractivity contribution in [3.8, 4) is 0 Å². The summed E-state index contributed by atoms with van der Waals surface area (Å²) < 4.78 is 17.1. The Balaban J connectivity index is 4.42. The molecule has 334 valence electrons. The van der Waals surface area contributed by atoms with E-state index >= 15 is 0 Å².